The van der Waals surface area contributed by atoms with Crippen LogP contribution in [0.25, 0.3) is 0 Å². The maximum atomic E-state index is 3.68. The molecule has 19 heavy (non-hydrogen) atoms. The van der Waals surface area contributed by atoms with Gasteiger partial charge in [0.1, 0.15) is 0 Å². The number of likely N-dealkylation sites (tertiary alicyclic amines) is 1. The Morgan fingerprint density at radius 1 is 1.47 bits per heavy atom. The van der Waals surface area contributed by atoms with Crippen molar-refractivity contribution in [1.82, 2.24) is 10.2 Å². The lowest BCUT2D eigenvalue weighted by molar-refractivity contribution is 0.248. The van der Waals surface area contributed by atoms with Crippen molar-refractivity contribution in [2.75, 3.05) is 39.1 Å². The highest BCUT2D eigenvalue weighted by molar-refractivity contribution is 9.10. The third kappa shape index (κ3) is 3.71. The molecule has 0 aromatic heterocycles. The van der Waals surface area contributed by atoms with E-state index in [9.17, 15) is 0 Å². The van der Waals surface area contributed by atoms with Crippen LogP contribution in [0, 0.1) is 0 Å². The van der Waals surface area contributed by atoms with Crippen LogP contribution in [0.1, 0.15) is 18.4 Å². The average molecular weight is 326 g/mol. The van der Waals surface area contributed by atoms with E-state index in [-0.39, 0.29) is 0 Å². The lowest BCUT2D eigenvalue weighted by atomic mass is 10.0. The molecule has 2 rings (SSSR count). The zero-order valence-corrected chi connectivity index (χ0v) is 13.7. The van der Waals surface area contributed by atoms with Crippen molar-refractivity contribution in [3.8, 4) is 0 Å². The van der Waals surface area contributed by atoms with E-state index in [1.807, 2.05) is 7.05 Å². The van der Waals surface area contributed by atoms with E-state index in [0.717, 1.165) is 13.1 Å². The fraction of sp³-hybridized carbons (Fsp3) is 0.600. The molecule has 1 atom stereocenters. The molecule has 3 nitrogen and oxygen atoms in total. The Morgan fingerprint density at radius 3 is 2.89 bits per heavy atom. The molecule has 1 unspecified atom stereocenters. The van der Waals surface area contributed by atoms with Crippen molar-refractivity contribution in [1.29, 1.82) is 0 Å². The third-order valence-electron chi connectivity index (χ3n) is 3.96. The molecule has 1 heterocycles. The van der Waals surface area contributed by atoms with Crippen LogP contribution in [-0.2, 0) is 6.54 Å². The molecule has 1 aromatic carbocycles. The van der Waals surface area contributed by atoms with Crippen LogP contribution in [0.5, 0.6) is 0 Å². The zero-order valence-electron chi connectivity index (χ0n) is 12.1. The van der Waals surface area contributed by atoms with Crippen molar-refractivity contribution < 1.29 is 0 Å². The molecule has 1 N–H and O–H groups in total. The van der Waals surface area contributed by atoms with E-state index in [4.69, 9.17) is 0 Å². The van der Waals surface area contributed by atoms with Crippen LogP contribution < -0.4 is 10.2 Å². The summed E-state index contributed by atoms with van der Waals surface area (Å²) in [6.07, 6.45) is 2.58. The van der Waals surface area contributed by atoms with Crippen LogP contribution in [0.15, 0.2) is 22.7 Å². The summed E-state index contributed by atoms with van der Waals surface area (Å²) in [7, 11) is 6.40. The maximum Gasteiger partial charge on any atom is 0.0414 e. The number of hydrogen-bond acceptors (Lipinski definition) is 3. The van der Waals surface area contributed by atoms with Gasteiger partial charge in [0, 0.05) is 36.3 Å². The van der Waals surface area contributed by atoms with Crippen LogP contribution in [0.3, 0.4) is 0 Å². The SMILES string of the molecule is CNCc1ccc(N(C)C2CCCN(C)C2)cc1Br. The number of likely N-dealkylation sites (N-methyl/N-ethyl adjacent to an activating group) is 2. The minimum absolute atomic E-state index is 0.626. The first-order chi connectivity index (χ1) is 9.11. The summed E-state index contributed by atoms with van der Waals surface area (Å²) >= 11 is 3.68. The Morgan fingerprint density at radius 2 is 2.26 bits per heavy atom. The first-order valence-corrected chi connectivity index (χ1v) is 7.75. The van der Waals surface area contributed by atoms with Gasteiger partial charge < -0.3 is 15.1 Å². The number of piperidine rings is 1. The van der Waals surface area contributed by atoms with Gasteiger partial charge >= 0.3 is 0 Å². The van der Waals surface area contributed by atoms with Crippen LogP contribution in [0.4, 0.5) is 5.69 Å². The largest absolute Gasteiger partial charge is 0.370 e. The highest BCUT2D eigenvalue weighted by Gasteiger charge is 2.21. The van der Waals surface area contributed by atoms with Gasteiger partial charge in [0.05, 0.1) is 0 Å². The summed E-state index contributed by atoms with van der Waals surface area (Å²) in [5, 5.41) is 3.19. The van der Waals surface area contributed by atoms with Gasteiger partial charge in [-0.05, 0) is 51.2 Å². The van der Waals surface area contributed by atoms with Gasteiger partial charge in [0.25, 0.3) is 0 Å². The summed E-state index contributed by atoms with van der Waals surface area (Å²) in [6.45, 7) is 3.29. The number of benzene rings is 1. The predicted molar refractivity (Wildman–Crippen MR) is 85.8 cm³/mol. The van der Waals surface area contributed by atoms with Gasteiger partial charge in [-0.2, -0.15) is 0 Å². The van der Waals surface area contributed by atoms with Crippen molar-refractivity contribution in [2.24, 2.45) is 0 Å². The van der Waals surface area contributed by atoms with Gasteiger partial charge in [-0.1, -0.05) is 22.0 Å². The van der Waals surface area contributed by atoms with E-state index >= 15 is 0 Å². The number of hydrogen-bond donors (Lipinski definition) is 1. The summed E-state index contributed by atoms with van der Waals surface area (Å²) in [5.41, 5.74) is 2.60. The quantitative estimate of drug-likeness (QED) is 0.918. The minimum atomic E-state index is 0.626. The van der Waals surface area contributed by atoms with Crippen LogP contribution >= 0.6 is 15.9 Å². The maximum absolute atomic E-state index is 3.68. The van der Waals surface area contributed by atoms with Gasteiger partial charge in [-0.3, -0.25) is 0 Å². The monoisotopic (exact) mass is 325 g/mol. The van der Waals surface area contributed by atoms with Crippen molar-refractivity contribution in [3.05, 3.63) is 28.2 Å². The molecular formula is C15H24BrN3. The molecule has 1 fully saturated rings. The first kappa shape index (κ1) is 14.8. The smallest absolute Gasteiger partial charge is 0.0414 e. The normalized spacial score (nSPS) is 20.5. The van der Waals surface area contributed by atoms with E-state index in [0.29, 0.717) is 6.04 Å². The lowest BCUT2D eigenvalue weighted by Crippen LogP contribution is -2.45. The fourth-order valence-electron chi connectivity index (χ4n) is 2.76. The second-order valence-corrected chi connectivity index (χ2v) is 6.33. The van der Waals surface area contributed by atoms with E-state index in [1.54, 1.807) is 0 Å². The number of nitrogens with one attached hydrogen (secondary N) is 1. The van der Waals surface area contributed by atoms with E-state index in [1.165, 1.54) is 35.1 Å². The molecular weight excluding hydrogens is 302 g/mol. The zero-order chi connectivity index (χ0) is 13.8. The molecule has 0 radical (unpaired) electrons. The predicted octanol–water partition coefficient (Wildman–Crippen LogP) is 2.70. The molecule has 1 aliphatic heterocycles. The topological polar surface area (TPSA) is 18.5 Å². The Balaban J connectivity index is 2.10. The lowest BCUT2D eigenvalue weighted by Gasteiger charge is -2.37. The number of rotatable bonds is 4. The Kier molecular flexibility index (Phi) is 5.25. The highest BCUT2D eigenvalue weighted by atomic mass is 79.9. The van der Waals surface area contributed by atoms with Gasteiger partial charge in [0.15, 0.2) is 0 Å². The second kappa shape index (κ2) is 6.73. The van der Waals surface area contributed by atoms with Gasteiger partial charge in [-0.15, -0.1) is 0 Å². The molecule has 0 amide bonds. The molecule has 0 bridgehead atoms. The fourth-order valence-corrected chi connectivity index (χ4v) is 3.26. The third-order valence-corrected chi connectivity index (χ3v) is 4.70. The first-order valence-electron chi connectivity index (χ1n) is 6.96. The number of nitrogens with zero attached hydrogens (tertiary/aromatic N) is 2. The van der Waals surface area contributed by atoms with Crippen molar-refractivity contribution in [2.45, 2.75) is 25.4 Å². The van der Waals surface area contributed by atoms with Gasteiger partial charge in [0.2, 0.25) is 0 Å². The molecule has 1 saturated heterocycles. The highest BCUT2D eigenvalue weighted by Crippen LogP contribution is 2.26. The molecule has 0 saturated carbocycles. The molecule has 0 aliphatic carbocycles. The summed E-state index contributed by atoms with van der Waals surface area (Å²) in [5.74, 6) is 0. The molecule has 1 aromatic rings. The summed E-state index contributed by atoms with van der Waals surface area (Å²) in [6, 6.07) is 7.30. The number of halogens is 1. The summed E-state index contributed by atoms with van der Waals surface area (Å²) < 4.78 is 1.19. The molecule has 106 valence electrons. The minimum Gasteiger partial charge on any atom is -0.370 e. The molecule has 1 aliphatic rings. The number of anilines is 1. The Bertz CT molecular complexity index is 422. The standard InChI is InChI=1S/C15H24BrN3/c1-17-10-12-6-7-13(9-15(12)16)19(3)14-5-4-8-18(2)11-14/h6-7,9,14,17H,4-5,8,10-11H2,1-3H3. The molecule has 4 heteroatoms. The van der Waals surface area contributed by atoms with E-state index < -0.39 is 0 Å². The van der Waals surface area contributed by atoms with Crippen molar-refractivity contribution >= 4 is 21.6 Å². The Hall–Kier alpha value is -0.580. The summed E-state index contributed by atoms with van der Waals surface area (Å²) in [4.78, 5) is 4.85. The Labute approximate surface area is 125 Å². The van der Waals surface area contributed by atoms with Gasteiger partial charge in [-0.25, -0.2) is 0 Å². The van der Waals surface area contributed by atoms with E-state index in [2.05, 4.69) is 63.3 Å². The average Bonchev–Trinajstić information content (AvgIpc) is 2.40. The van der Waals surface area contributed by atoms with Crippen molar-refractivity contribution in [3.63, 3.8) is 0 Å². The second-order valence-electron chi connectivity index (χ2n) is 5.48. The van der Waals surface area contributed by atoms with Crippen LogP contribution in [0.2, 0.25) is 0 Å². The molecule has 0 spiro atoms. The van der Waals surface area contributed by atoms with Crippen LogP contribution in [-0.4, -0.2) is 45.2 Å².